The van der Waals surface area contributed by atoms with Crippen molar-refractivity contribution in [3.05, 3.63) is 61.5 Å². The molecule has 0 fully saturated rings. The third kappa shape index (κ3) is 4.78. The van der Waals surface area contributed by atoms with Gasteiger partial charge in [0, 0.05) is 5.56 Å². The van der Waals surface area contributed by atoms with Crippen molar-refractivity contribution < 1.29 is 9.69 Å². The van der Waals surface area contributed by atoms with E-state index in [1.54, 1.807) is 0 Å². The fraction of sp³-hybridized carbons (Fsp3) is 0.235. The molecule has 0 aliphatic rings. The standard InChI is InChI=1S/C17H16Cl4N2O/c1-10-5-3-4-6-11(10)8-23(2)9-14(24)22-17-15(20)12(18)7-13(19)16(17)21/h3-7H,8-9H2,1-2H3,(H,22,24)/p+1. The highest BCUT2D eigenvalue weighted by molar-refractivity contribution is 6.50. The zero-order chi connectivity index (χ0) is 17.9. The first-order valence-electron chi connectivity index (χ1n) is 7.28. The van der Waals surface area contributed by atoms with E-state index in [4.69, 9.17) is 46.4 Å². The van der Waals surface area contributed by atoms with Gasteiger partial charge in [0.2, 0.25) is 0 Å². The first kappa shape index (κ1) is 19.4. The average Bonchev–Trinajstić information content (AvgIpc) is 2.52. The predicted molar refractivity (Wildman–Crippen MR) is 102 cm³/mol. The predicted octanol–water partition coefficient (Wildman–Crippen LogP) is 4.26. The lowest BCUT2D eigenvalue weighted by Gasteiger charge is -2.16. The second-order valence-corrected chi connectivity index (χ2v) is 7.20. The summed E-state index contributed by atoms with van der Waals surface area (Å²) in [6.07, 6.45) is 0. The van der Waals surface area contributed by atoms with Crippen LogP contribution in [0.15, 0.2) is 30.3 Å². The van der Waals surface area contributed by atoms with E-state index < -0.39 is 0 Å². The molecule has 0 radical (unpaired) electrons. The fourth-order valence-corrected chi connectivity index (χ4v) is 3.24. The quantitative estimate of drug-likeness (QED) is 0.714. The van der Waals surface area contributed by atoms with Gasteiger partial charge in [0.05, 0.1) is 32.8 Å². The van der Waals surface area contributed by atoms with Gasteiger partial charge >= 0.3 is 0 Å². The summed E-state index contributed by atoms with van der Waals surface area (Å²) in [7, 11) is 1.94. The van der Waals surface area contributed by atoms with Crippen LogP contribution < -0.4 is 10.2 Å². The second kappa shape index (κ2) is 8.41. The number of amides is 1. The minimum Gasteiger partial charge on any atom is -0.326 e. The molecule has 0 spiro atoms. The molecule has 3 nitrogen and oxygen atoms in total. The van der Waals surface area contributed by atoms with Crippen LogP contribution in [0.2, 0.25) is 20.1 Å². The van der Waals surface area contributed by atoms with E-state index in [1.165, 1.54) is 17.2 Å². The maximum Gasteiger partial charge on any atom is 0.279 e. The van der Waals surface area contributed by atoms with E-state index >= 15 is 0 Å². The maximum atomic E-state index is 12.3. The number of anilines is 1. The van der Waals surface area contributed by atoms with Crippen LogP contribution in [0.25, 0.3) is 0 Å². The molecule has 24 heavy (non-hydrogen) atoms. The summed E-state index contributed by atoms with van der Waals surface area (Å²) in [5.74, 6) is -0.219. The molecule has 1 atom stereocenters. The first-order chi connectivity index (χ1) is 11.3. The Morgan fingerprint density at radius 2 is 1.67 bits per heavy atom. The zero-order valence-electron chi connectivity index (χ0n) is 13.2. The van der Waals surface area contributed by atoms with Gasteiger partial charge in [0.15, 0.2) is 6.54 Å². The smallest absolute Gasteiger partial charge is 0.279 e. The SMILES string of the molecule is Cc1ccccc1C[NH+](C)CC(=O)Nc1c(Cl)c(Cl)cc(Cl)c1Cl. The van der Waals surface area contributed by atoms with Gasteiger partial charge in [-0.15, -0.1) is 0 Å². The summed E-state index contributed by atoms with van der Waals surface area (Å²) in [6, 6.07) is 9.54. The van der Waals surface area contributed by atoms with Crippen LogP contribution in [-0.2, 0) is 11.3 Å². The number of carbonyl (C=O) groups is 1. The zero-order valence-corrected chi connectivity index (χ0v) is 16.2. The van der Waals surface area contributed by atoms with Crippen molar-refractivity contribution in [2.75, 3.05) is 18.9 Å². The number of benzene rings is 2. The molecule has 0 aliphatic heterocycles. The van der Waals surface area contributed by atoms with E-state index in [0.717, 1.165) is 11.4 Å². The van der Waals surface area contributed by atoms with Crippen LogP contribution >= 0.6 is 46.4 Å². The number of carbonyl (C=O) groups excluding carboxylic acids is 1. The van der Waals surface area contributed by atoms with Gasteiger partial charge in [-0.25, -0.2) is 0 Å². The van der Waals surface area contributed by atoms with Crippen molar-refractivity contribution in [1.82, 2.24) is 0 Å². The lowest BCUT2D eigenvalue weighted by molar-refractivity contribution is -0.885. The summed E-state index contributed by atoms with van der Waals surface area (Å²) < 4.78 is 0. The Labute approximate surface area is 161 Å². The lowest BCUT2D eigenvalue weighted by atomic mass is 10.1. The third-order valence-electron chi connectivity index (χ3n) is 3.59. The third-order valence-corrected chi connectivity index (χ3v) is 5.17. The molecule has 0 aliphatic carbocycles. The molecule has 2 aromatic rings. The minimum absolute atomic E-state index is 0.177. The van der Waals surface area contributed by atoms with Crippen molar-refractivity contribution in [3.63, 3.8) is 0 Å². The van der Waals surface area contributed by atoms with Gasteiger partial charge in [-0.3, -0.25) is 4.79 Å². The Balaban J connectivity index is 2.05. The van der Waals surface area contributed by atoms with Gasteiger partial charge in [-0.2, -0.15) is 0 Å². The first-order valence-corrected chi connectivity index (χ1v) is 8.79. The van der Waals surface area contributed by atoms with Gasteiger partial charge < -0.3 is 10.2 Å². The van der Waals surface area contributed by atoms with Crippen LogP contribution in [0.4, 0.5) is 5.69 Å². The van der Waals surface area contributed by atoms with Crippen molar-refractivity contribution in [1.29, 1.82) is 0 Å². The molecule has 7 heteroatoms. The maximum absolute atomic E-state index is 12.3. The van der Waals surface area contributed by atoms with Crippen LogP contribution in [0.5, 0.6) is 0 Å². The van der Waals surface area contributed by atoms with Crippen LogP contribution in [0.3, 0.4) is 0 Å². The van der Waals surface area contributed by atoms with Gasteiger partial charge in [0.1, 0.15) is 6.54 Å². The van der Waals surface area contributed by atoms with Crippen LogP contribution in [0, 0.1) is 6.92 Å². The highest BCUT2D eigenvalue weighted by atomic mass is 35.5. The Morgan fingerprint density at radius 3 is 2.25 bits per heavy atom. The van der Waals surface area contributed by atoms with Gasteiger partial charge in [-0.05, 0) is 18.6 Å². The molecule has 2 aromatic carbocycles. The minimum atomic E-state index is -0.219. The van der Waals surface area contributed by atoms with Crippen molar-refractivity contribution in [2.24, 2.45) is 0 Å². The number of hydrogen-bond acceptors (Lipinski definition) is 1. The fourth-order valence-electron chi connectivity index (χ4n) is 2.34. The van der Waals surface area contributed by atoms with E-state index in [2.05, 4.69) is 24.4 Å². The Morgan fingerprint density at radius 1 is 1.08 bits per heavy atom. The Hall–Kier alpha value is -0.970. The summed E-state index contributed by atoms with van der Waals surface area (Å²) in [5, 5.41) is 3.53. The molecule has 1 unspecified atom stereocenters. The van der Waals surface area contributed by atoms with E-state index in [0.29, 0.717) is 0 Å². The number of hydrogen-bond donors (Lipinski definition) is 2. The highest BCUT2D eigenvalue weighted by Crippen LogP contribution is 2.40. The van der Waals surface area contributed by atoms with E-state index in [-0.39, 0.29) is 38.2 Å². The number of likely N-dealkylation sites (N-methyl/N-ethyl adjacent to an activating group) is 1. The average molecular weight is 407 g/mol. The van der Waals surface area contributed by atoms with Crippen molar-refractivity contribution in [3.8, 4) is 0 Å². The van der Waals surface area contributed by atoms with Crippen molar-refractivity contribution in [2.45, 2.75) is 13.5 Å². The van der Waals surface area contributed by atoms with E-state index in [9.17, 15) is 4.79 Å². The molecule has 0 bridgehead atoms. The number of aryl methyl sites for hydroxylation is 1. The number of rotatable bonds is 5. The van der Waals surface area contributed by atoms with E-state index in [1.807, 2.05) is 19.2 Å². The van der Waals surface area contributed by atoms with Gasteiger partial charge in [0.25, 0.3) is 5.91 Å². The summed E-state index contributed by atoms with van der Waals surface area (Å²) in [5.41, 5.74) is 2.64. The molecule has 2 N–H and O–H groups in total. The monoisotopic (exact) mass is 405 g/mol. The normalized spacial score (nSPS) is 12.1. The lowest BCUT2D eigenvalue weighted by Crippen LogP contribution is -3.08. The Kier molecular flexibility index (Phi) is 6.79. The summed E-state index contributed by atoms with van der Waals surface area (Å²) in [4.78, 5) is 13.3. The van der Waals surface area contributed by atoms with Crippen LogP contribution in [0.1, 0.15) is 11.1 Å². The molecular weight excluding hydrogens is 390 g/mol. The molecule has 0 heterocycles. The van der Waals surface area contributed by atoms with Crippen molar-refractivity contribution >= 4 is 58.0 Å². The molecule has 0 saturated carbocycles. The Bertz CT molecular complexity index is 738. The molecule has 0 saturated heterocycles. The highest BCUT2D eigenvalue weighted by Gasteiger charge is 2.18. The molecule has 128 valence electrons. The number of quaternary nitrogens is 1. The molecule has 0 aromatic heterocycles. The van der Waals surface area contributed by atoms with Gasteiger partial charge in [-0.1, -0.05) is 70.7 Å². The second-order valence-electron chi connectivity index (χ2n) is 5.63. The van der Waals surface area contributed by atoms with Crippen LogP contribution in [-0.4, -0.2) is 19.5 Å². The number of nitrogens with one attached hydrogen (secondary N) is 2. The molecular formula is C17H17Cl4N2O+. The molecule has 2 rings (SSSR count). The summed E-state index contributed by atoms with van der Waals surface area (Å²) >= 11 is 24.2. The largest absolute Gasteiger partial charge is 0.326 e. The topological polar surface area (TPSA) is 33.5 Å². The number of halogens is 4. The molecule has 1 amide bonds. The summed E-state index contributed by atoms with van der Waals surface area (Å²) in [6.45, 7) is 3.04.